The maximum absolute atomic E-state index is 12.7. The first kappa shape index (κ1) is 19.5. The maximum Gasteiger partial charge on any atom is 0.240 e. The number of halogens is 1. The fraction of sp³-hybridized carbons (Fsp3) is 0.647. The first-order valence-corrected chi connectivity index (χ1v) is 11.6. The van der Waals surface area contributed by atoms with Crippen molar-refractivity contribution in [3.05, 3.63) is 28.8 Å². The van der Waals surface area contributed by atoms with Crippen molar-refractivity contribution >= 4 is 33.4 Å². The zero-order valence-electron chi connectivity index (χ0n) is 14.5. The standard InChI is InChI=1S/C17H25ClN2O3S2/c1-14-2-3-15(12-16(14)18)25(21,22)19-13-17(4-8-23-9-5-17)20-6-10-24-11-7-20/h2-3,12,19H,4-11,13H2,1H3. The first-order chi connectivity index (χ1) is 11.9. The van der Waals surface area contributed by atoms with Crippen LogP contribution in [0.2, 0.25) is 5.02 Å². The summed E-state index contributed by atoms with van der Waals surface area (Å²) < 4.78 is 33.9. The summed E-state index contributed by atoms with van der Waals surface area (Å²) in [5.41, 5.74) is 0.716. The highest BCUT2D eigenvalue weighted by Crippen LogP contribution is 2.30. The van der Waals surface area contributed by atoms with Gasteiger partial charge < -0.3 is 4.74 Å². The molecule has 3 rings (SSSR count). The van der Waals surface area contributed by atoms with E-state index in [1.807, 2.05) is 18.7 Å². The first-order valence-electron chi connectivity index (χ1n) is 8.59. The molecule has 2 saturated heterocycles. The summed E-state index contributed by atoms with van der Waals surface area (Å²) in [5.74, 6) is 2.20. The van der Waals surface area contributed by atoms with Crippen LogP contribution in [0, 0.1) is 6.92 Å². The van der Waals surface area contributed by atoms with Gasteiger partial charge in [-0.1, -0.05) is 17.7 Å². The van der Waals surface area contributed by atoms with Crippen molar-refractivity contribution in [2.45, 2.75) is 30.2 Å². The van der Waals surface area contributed by atoms with Gasteiger partial charge in [0.1, 0.15) is 0 Å². The van der Waals surface area contributed by atoms with Crippen LogP contribution in [0.5, 0.6) is 0 Å². The third-order valence-corrected chi connectivity index (χ3v) is 7.90. The van der Waals surface area contributed by atoms with E-state index in [1.165, 1.54) is 6.07 Å². The number of sulfonamides is 1. The van der Waals surface area contributed by atoms with Crippen molar-refractivity contribution in [2.75, 3.05) is 44.4 Å². The van der Waals surface area contributed by atoms with Crippen LogP contribution in [-0.4, -0.2) is 63.2 Å². The predicted molar refractivity (Wildman–Crippen MR) is 103 cm³/mol. The molecule has 0 unspecified atom stereocenters. The zero-order valence-corrected chi connectivity index (χ0v) is 16.9. The molecule has 2 aliphatic rings. The van der Waals surface area contributed by atoms with Crippen LogP contribution >= 0.6 is 23.4 Å². The van der Waals surface area contributed by atoms with Crippen LogP contribution in [0.1, 0.15) is 18.4 Å². The Morgan fingerprint density at radius 3 is 2.60 bits per heavy atom. The molecule has 0 bridgehead atoms. The van der Waals surface area contributed by atoms with Gasteiger partial charge in [0.15, 0.2) is 0 Å². The van der Waals surface area contributed by atoms with E-state index in [0.717, 1.165) is 43.0 Å². The number of thioether (sulfide) groups is 1. The molecule has 2 heterocycles. The lowest BCUT2D eigenvalue weighted by molar-refractivity contribution is -0.0218. The molecule has 0 amide bonds. The van der Waals surface area contributed by atoms with Crippen molar-refractivity contribution in [1.29, 1.82) is 0 Å². The van der Waals surface area contributed by atoms with Gasteiger partial charge in [-0.2, -0.15) is 11.8 Å². The monoisotopic (exact) mass is 404 g/mol. The molecule has 1 aromatic rings. The normalized spacial score (nSPS) is 22.0. The number of nitrogens with zero attached hydrogens (tertiary/aromatic N) is 1. The lowest BCUT2D eigenvalue weighted by atomic mass is 9.88. The SMILES string of the molecule is Cc1ccc(S(=O)(=O)NCC2(N3CCSCC3)CCOCC2)cc1Cl. The maximum atomic E-state index is 12.7. The molecule has 25 heavy (non-hydrogen) atoms. The molecule has 0 aromatic heterocycles. The van der Waals surface area contributed by atoms with E-state index in [4.69, 9.17) is 16.3 Å². The number of nitrogens with one attached hydrogen (secondary N) is 1. The molecule has 1 N–H and O–H groups in total. The number of ether oxygens (including phenoxy) is 1. The van der Waals surface area contributed by atoms with E-state index in [0.29, 0.717) is 24.8 Å². The quantitative estimate of drug-likeness (QED) is 0.817. The molecule has 0 spiro atoms. The van der Waals surface area contributed by atoms with Crippen LogP contribution in [0.15, 0.2) is 23.1 Å². The van der Waals surface area contributed by atoms with Crippen LogP contribution in [0.3, 0.4) is 0 Å². The Kier molecular flexibility index (Phi) is 6.34. The second-order valence-electron chi connectivity index (χ2n) is 6.67. The summed E-state index contributed by atoms with van der Waals surface area (Å²) in [6.45, 7) is 5.64. The Hall–Kier alpha value is -0.310. The third kappa shape index (κ3) is 4.51. The van der Waals surface area contributed by atoms with Gasteiger partial charge in [-0.15, -0.1) is 0 Å². The van der Waals surface area contributed by atoms with E-state index in [-0.39, 0.29) is 10.4 Å². The van der Waals surface area contributed by atoms with Crippen LogP contribution in [0.4, 0.5) is 0 Å². The molecule has 140 valence electrons. The van der Waals surface area contributed by atoms with Crippen molar-refractivity contribution in [1.82, 2.24) is 9.62 Å². The molecular formula is C17H25ClN2O3S2. The van der Waals surface area contributed by atoms with Crippen molar-refractivity contribution in [2.24, 2.45) is 0 Å². The third-order valence-electron chi connectivity index (χ3n) is 5.15. The minimum Gasteiger partial charge on any atom is -0.381 e. The summed E-state index contributed by atoms with van der Waals surface area (Å²) in [5, 5.41) is 0.469. The number of hydrogen-bond acceptors (Lipinski definition) is 5. The second-order valence-corrected chi connectivity index (χ2v) is 10.1. The van der Waals surface area contributed by atoms with E-state index >= 15 is 0 Å². The number of aryl methyl sites for hydroxylation is 1. The van der Waals surface area contributed by atoms with Crippen LogP contribution in [0.25, 0.3) is 0 Å². The Morgan fingerprint density at radius 1 is 1.28 bits per heavy atom. The van der Waals surface area contributed by atoms with Gasteiger partial charge >= 0.3 is 0 Å². The Morgan fingerprint density at radius 2 is 1.96 bits per heavy atom. The highest BCUT2D eigenvalue weighted by atomic mass is 35.5. The highest BCUT2D eigenvalue weighted by Gasteiger charge is 2.39. The smallest absolute Gasteiger partial charge is 0.240 e. The predicted octanol–water partition coefficient (Wildman–Crippen LogP) is 2.52. The fourth-order valence-electron chi connectivity index (χ4n) is 3.45. The molecule has 2 fully saturated rings. The van der Waals surface area contributed by atoms with E-state index in [9.17, 15) is 8.42 Å². The number of rotatable bonds is 5. The molecule has 5 nitrogen and oxygen atoms in total. The van der Waals surface area contributed by atoms with Gasteiger partial charge in [-0.3, -0.25) is 4.90 Å². The largest absolute Gasteiger partial charge is 0.381 e. The summed E-state index contributed by atoms with van der Waals surface area (Å²) in [7, 11) is -3.58. The lowest BCUT2D eigenvalue weighted by Crippen LogP contribution is -2.60. The Balaban J connectivity index is 1.76. The average molecular weight is 405 g/mol. The molecule has 2 aliphatic heterocycles. The molecule has 8 heteroatoms. The molecular weight excluding hydrogens is 380 g/mol. The van der Waals surface area contributed by atoms with Gasteiger partial charge in [-0.25, -0.2) is 13.1 Å². The van der Waals surface area contributed by atoms with E-state index in [1.54, 1.807) is 12.1 Å². The van der Waals surface area contributed by atoms with Gasteiger partial charge in [0.05, 0.1) is 4.90 Å². The minimum atomic E-state index is -3.58. The van der Waals surface area contributed by atoms with Gasteiger partial charge in [0.25, 0.3) is 0 Å². The van der Waals surface area contributed by atoms with E-state index < -0.39 is 10.0 Å². The topological polar surface area (TPSA) is 58.6 Å². The summed E-state index contributed by atoms with van der Waals surface area (Å²) in [6, 6.07) is 4.87. The zero-order chi connectivity index (χ0) is 17.9. The Labute approximate surface area is 159 Å². The molecule has 0 radical (unpaired) electrons. The molecule has 0 saturated carbocycles. The average Bonchev–Trinajstić information content (AvgIpc) is 2.64. The lowest BCUT2D eigenvalue weighted by Gasteiger charge is -2.47. The highest BCUT2D eigenvalue weighted by molar-refractivity contribution is 7.99. The summed E-state index contributed by atoms with van der Waals surface area (Å²) in [6.07, 6.45) is 1.71. The van der Waals surface area contributed by atoms with Crippen LogP contribution in [-0.2, 0) is 14.8 Å². The molecule has 0 aliphatic carbocycles. The van der Waals surface area contributed by atoms with Crippen LogP contribution < -0.4 is 4.72 Å². The van der Waals surface area contributed by atoms with Crippen molar-refractivity contribution in [3.63, 3.8) is 0 Å². The Bertz CT molecular complexity index is 700. The van der Waals surface area contributed by atoms with Gasteiger partial charge in [-0.05, 0) is 37.5 Å². The molecule has 0 atom stereocenters. The number of benzene rings is 1. The van der Waals surface area contributed by atoms with Crippen molar-refractivity contribution < 1.29 is 13.2 Å². The van der Waals surface area contributed by atoms with E-state index in [2.05, 4.69) is 9.62 Å². The number of hydrogen-bond donors (Lipinski definition) is 1. The van der Waals surface area contributed by atoms with Gasteiger partial charge in [0, 0.05) is 54.9 Å². The van der Waals surface area contributed by atoms with Crippen molar-refractivity contribution in [3.8, 4) is 0 Å². The summed E-state index contributed by atoms with van der Waals surface area (Å²) >= 11 is 8.06. The minimum absolute atomic E-state index is 0.152. The fourth-order valence-corrected chi connectivity index (χ4v) is 5.74. The summed E-state index contributed by atoms with van der Waals surface area (Å²) in [4.78, 5) is 2.68. The molecule has 1 aromatic carbocycles. The van der Waals surface area contributed by atoms with Gasteiger partial charge in [0.2, 0.25) is 10.0 Å². The second kappa shape index (κ2) is 8.15.